The summed E-state index contributed by atoms with van der Waals surface area (Å²) >= 11 is 0. The average Bonchev–Trinajstić information content (AvgIpc) is 1.25. The first-order valence-corrected chi connectivity index (χ1v) is 2.64. The minimum absolute atomic E-state index is 0. The molecular weight excluding hydrogens is 152 g/mol. The Hall–Kier alpha value is -0.330. The van der Waals surface area contributed by atoms with E-state index in [4.69, 9.17) is 8.42 Å². The van der Waals surface area contributed by atoms with E-state index in [1.807, 2.05) is 0 Å². The quantitative estimate of drug-likeness (QED) is 0.383. The van der Waals surface area contributed by atoms with Gasteiger partial charge in [0.1, 0.15) is 0 Å². The van der Waals surface area contributed by atoms with E-state index in [1.165, 1.54) is 0 Å². The van der Waals surface area contributed by atoms with Crippen LogP contribution in [0.3, 0.4) is 0 Å². The van der Waals surface area contributed by atoms with Crippen molar-refractivity contribution in [3.05, 3.63) is 0 Å². The molecule has 7 heteroatoms. The molecule has 0 aromatic carbocycles. The molecule has 0 aromatic rings. The van der Waals surface area contributed by atoms with Crippen molar-refractivity contribution in [1.82, 2.24) is 0 Å². The van der Waals surface area contributed by atoms with E-state index in [1.54, 1.807) is 0 Å². The molecule has 0 unspecified atom stereocenters. The Morgan fingerprint density at radius 2 is 1.38 bits per heavy atom. The zero-order chi connectivity index (χ0) is 7.00. The number of alkyl halides is 3. The van der Waals surface area contributed by atoms with Gasteiger partial charge in [-0.25, -0.2) is 0 Å². The first kappa shape index (κ1) is 7.67. The lowest BCUT2D eigenvalue weighted by atomic mass is 11.6. The van der Waals surface area contributed by atoms with E-state index in [0.717, 1.165) is 0 Å². The highest BCUT2D eigenvalue weighted by molar-refractivity contribution is 7.87. The van der Waals surface area contributed by atoms with Crippen molar-refractivity contribution in [3.8, 4) is 0 Å². The second kappa shape index (κ2) is 1.57. The first-order valence-electron chi connectivity index (χ1n) is 1.26. The Morgan fingerprint density at radius 3 is 1.38 bits per heavy atom. The Balaban J connectivity index is 0. The van der Waals surface area contributed by atoms with Gasteiger partial charge in [-0.1, -0.05) is 3.89 Å². The van der Waals surface area contributed by atoms with Crippen molar-refractivity contribution in [2.45, 2.75) is 5.51 Å². The lowest BCUT2D eigenvalue weighted by Crippen LogP contribution is -2.17. The highest BCUT2D eigenvalue weighted by Crippen LogP contribution is 2.23. The maximum atomic E-state index is 10.7. The molecule has 0 heterocycles. The number of hydrogen-bond acceptors (Lipinski definition) is 2. The fraction of sp³-hybridized carbons (Fsp3) is 1.00. The summed E-state index contributed by atoms with van der Waals surface area (Å²) in [5.41, 5.74) is -5.76. The van der Waals surface area contributed by atoms with Gasteiger partial charge in [-0.15, -0.1) is 0 Å². The van der Waals surface area contributed by atoms with E-state index in [2.05, 4.69) is 0 Å². The smallest absolute Gasteiger partial charge is 0.185 e. The van der Waals surface area contributed by atoms with Gasteiger partial charge in [-0.2, -0.15) is 21.6 Å². The molecule has 0 aliphatic rings. The topological polar surface area (TPSA) is 34.1 Å². The van der Waals surface area contributed by atoms with E-state index in [0.29, 0.717) is 0 Å². The predicted octanol–water partition coefficient (Wildman–Crippen LogP) is 0.918. The van der Waals surface area contributed by atoms with Crippen LogP contribution in [0, 0.1) is 0 Å². The summed E-state index contributed by atoms with van der Waals surface area (Å²) in [6, 6.07) is 0. The van der Waals surface area contributed by atoms with Gasteiger partial charge in [-0.05, 0) is 0 Å². The third kappa shape index (κ3) is 1.65. The van der Waals surface area contributed by atoms with Crippen LogP contribution < -0.4 is 0 Å². The monoisotopic (exact) mass is 153 g/mol. The zero-order valence-corrected chi connectivity index (χ0v) is 4.05. The highest BCUT2D eigenvalue weighted by atomic mass is 32.3. The van der Waals surface area contributed by atoms with Crippen LogP contribution >= 0.6 is 0 Å². The van der Waals surface area contributed by atoms with Crippen molar-refractivity contribution < 1.29 is 26.9 Å². The molecule has 0 amide bonds. The Kier molecular flexibility index (Phi) is 1.51. The van der Waals surface area contributed by atoms with Gasteiger partial charge in [0.2, 0.25) is 0 Å². The molecule has 2 nitrogen and oxygen atoms in total. The Morgan fingerprint density at radius 1 is 1.25 bits per heavy atom. The molecule has 0 aliphatic carbocycles. The van der Waals surface area contributed by atoms with Crippen LogP contribution in [0.15, 0.2) is 0 Å². The van der Waals surface area contributed by atoms with Gasteiger partial charge < -0.3 is 0 Å². The highest BCUT2D eigenvalue weighted by Gasteiger charge is 2.46. The van der Waals surface area contributed by atoms with Crippen LogP contribution in [-0.2, 0) is 10.2 Å². The predicted molar refractivity (Wildman–Crippen MR) is 17.2 cm³/mol. The van der Waals surface area contributed by atoms with Gasteiger partial charge in [-0.3, -0.25) is 0 Å². The fourth-order valence-electron chi connectivity index (χ4n) is 0. The summed E-state index contributed by atoms with van der Waals surface area (Å²) in [7, 11) is -6.34. The third-order valence-corrected chi connectivity index (χ3v) is 0.829. The second-order valence-electron chi connectivity index (χ2n) is 0.884. The number of halogens is 4. The molecule has 50 valence electrons. The molecular formula is CHF4O2S+. The van der Waals surface area contributed by atoms with E-state index in [9.17, 15) is 17.1 Å². The normalized spacial score (nSPS) is 14.0. The molecule has 0 spiro atoms. The first-order chi connectivity index (χ1) is 3.25. The van der Waals surface area contributed by atoms with Crippen LogP contribution in [-0.4, -0.2) is 13.9 Å². The molecule has 0 aromatic heterocycles. The zero-order valence-electron chi connectivity index (χ0n) is 4.24. The van der Waals surface area contributed by atoms with Crippen LogP contribution in [0.25, 0.3) is 0 Å². The standard InChI is InChI=1S/CF4O2S/c2-1(3,4)8(5,6)7/p+1. The summed E-state index contributed by atoms with van der Waals surface area (Å²) in [5.74, 6) is 0. The maximum Gasteiger partial charge on any atom is 1.00 e. The fourth-order valence-corrected chi connectivity index (χ4v) is 0. The molecule has 8 heavy (non-hydrogen) atoms. The minimum Gasteiger partial charge on any atom is -0.185 e. The summed E-state index contributed by atoms with van der Waals surface area (Å²) in [5, 5.41) is 0. The van der Waals surface area contributed by atoms with Gasteiger partial charge in [0, 0.05) is 0 Å². The lowest BCUT2D eigenvalue weighted by Gasteiger charge is -1.95. The number of rotatable bonds is 0. The molecule has 0 saturated heterocycles. The molecule has 0 N–H and O–H groups in total. The molecule has 0 saturated carbocycles. The van der Waals surface area contributed by atoms with Gasteiger partial charge in [0.25, 0.3) is 0 Å². The van der Waals surface area contributed by atoms with Crippen LogP contribution in [0.4, 0.5) is 17.1 Å². The van der Waals surface area contributed by atoms with Crippen molar-refractivity contribution >= 4 is 10.2 Å². The Labute approximate surface area is 43.8 Å². The molecule has 0 bridgehead atoms. The summed E-state index contributed by atoms with van der Waals surface area (Å²) in [6.45, 7) is 0. The van der Waals surface area contributed by atoms with Crippen molar-refractivity contribution in [2.24, 2.45) is 0 Å². The average molecular weight is 153 g/mol. The van der Waals surface area contributed by atoms with Crippen molar-refractivity contribution in [3.63, 3.8) is 0 Å². The van der Waals surface area contributed by atoms with Crippen LogP contribution in [0.1, 0.15) is 1.43 Å². The summed E-state index contributed by atoms with van der Waals surface area (Å²) < 4.78 is 60.3. The van der Waals surface area contributed by atoms with Crippen molar-refractivity contribution in [2.75, 3.05) is 0 Å². The molecule has 0 fully saturated rings. The largest absolute Gasteiger partial charge is 1.00 e. The van der Waals surface area contributed by atoms with Gasteiger partial charge in [0.05, 0.1) is 0 Å². The molecule has 0 atom stereocenters. The van der Waals surface area contributed by atoms with Crippen LogP contribution in [0.5, 0.6) is 0 Å². The van der Waals surface area contributed by atoms with E-state index >= 15 is 0 Å². The maximum absolute atomic E-state index is 10.7. The van der Waals surface area contributed by atoms with Crippen LogP contribution in [0.2, 0.25) is 0 Å². The SMILES string of the molecule is O=S(=O)(F)C(F)(F)F.[H+]. The molecule has 0 radical (unpaired) electrons. The number of hydrogen-bond donors (Lipinski definition) is 0. The van der Waals surface area contributed by atoms with Gasteiger partial charge >= 0.3 is 17.2 Å². The minimum atomic E-state index is -6.34. The second-order valence-corrected chi connectivity index (χ2v) is 2.22. The van der Waals surface area contributed by atoms with Crippen molar-refractivity contribution in [1.29, 1.82) is 0 Å². The molecule has 0 aliphatic heterocycles. The van der Waals surface area contributed by atoms with Gasteiger partial charge in [0.15, 0.2) is 0 Å². The third-order valence-electron chi connectivity index (χ3n) is 0.276. The Bertz CT molecular complexity index is 167. The molecule has 0 rings (SSSR count). The summed E-state index contributed by atoms with van der Waals surface area (Å²) in [4.78, 5) is 0. The lowest BCUT2D eigenvalue weighted by molar-refractivity contribution is -0.0478. The summed E-state index contributed by atoms with van der Waals surface area (Å²) in [6.07, 6.45) is 0. The van der Waals surface area contributed by atoms with E-state index in [-0.39, 0.29) is 1.43 Å². The van der Waals surface area contributed by atoms with E-state index < -0.39 is 15.7 Å².